The third kappa shape index (κ3) is 3.68. The molecule has 0 fully saturated rings. The number of aromatic amines is 1. The number of hydrogen-bond donors (Lipinski definition) is 1. The van der Waals surface area contributed by atoms with Gasteiger partial charge in [-0.25, -0.2) is 14.2 Å². The smallest absolute Gasteiger partial charge is 0.341 e. The molecule has 0 amide bonds. The SMILES string of the molecule is CCOC(=O)/C(=C\c1ccc(OC)c(F)c1)c1nc2sc(C)c(C)c2c(=O)[nH]1. The maximum Gasteiger partial charge on any atom is 0.341 e. The van der Waals surface area contributed by atoms with Gasteiger partial charge in [-0.05, 0) is 50.1 Å². The fourth-order valence-corrected chi connectivity index (χ4v) is 3.78. The Hall–Kier alpha value is -3.00. The number of thiophene rings is 1. The van der Waals surface area contributed by atoms with Crippen molar-refractivity contribution in [3.63, 3.8) is 0 Å². The van der Waals surface area contributed by atoms with Gasteiger partial charge in [-0.2, -0.15) is 0 Å². The number of carbonyl (C=O) groups excluding carboxylic acids is 1. The molecule has 0 bridgehead atoms. The van der Waals surface area contributed by atoms with Crippen molar-refractivity contribution in [3.8, 4) is 5.75 Å². The molecular formula is C20H19FN2O4S. The first-order valence-electron chi connectivity index (χ1n) is 8.58. The topological polar surface area (TPSA) is 81.3 Å². The summed E-state index contributed by atoms with van der Waals surface area (Å²) in [4.78, 5) is 33.7. The van der Waals surface area contributed by atoms with Gasteiger partial charge in [0.25, 0.3) is 5.56 Å². The second-order valence-electron chi connectivity index (χ2n) is 6.05. The minimum Gasteiger partial charge on any atom is -0.494 e. The standard InChI is InChI=1S/C20H19FN2O4S/c1-5-27-20(25)13(8-12-6-7-15(26-4)14(21)9-12)17-22-18(24)16-10(2)11(3)28-19(16)23-17/h6-9H,5H2,1-4H3,(H,22,23,24)/b13-8-. The predicted molar refractivity (Wildman–Crippen MR) is 107 cm³/mol. The Morgan fingerprint density at radius 1 is 1.36 bits per heavy atom. The van der Waals surface area contributed by atoms with Gasteiger partial charge < -0.3 is 14.5 Å². The zero-order chi connectivity index (χ0) is 20.4. The number of hydrogen-bond acceptors (Lipinski definition) is 6. The van der Waals surface area contributed by atoms with Crippen LogP contribution in [0.2, 0.25) is 0 Å². The molecule has 0 radical (unpaired) electrons. The molecule has 3 aromatic rings. The number of ether oxygens (including phenoxy) is 2. The van der Waals surface area contributed by atoms with Crippen molar-refractivity contribution in [2.24, 2.45) is 0 Å². The zero-order valence-corrected chi connectivity index (χ0v) is 16.7. The quantitative estimate of drug-likeness (QED) is 0.518. The minimum atomic E-state index is -0.661. The van der Waals surface area contributed by atoms with Gasteiger partial charge in [0.05, 0.1) is 19.1 Å². The van der Waals surface area contributed by atoms with Crippen LogP contribution in [0.15, 0.2) is 23.0 Å². The van der Waals surface area contributed by atoms with E-state index in [0.29, 0.717) is 15.8 Å². The van der Waals surface area contributed by atoms with Crippen LogP contribution in [0.5, 0.6) is 5.75 Å². The van der Waals surface area contributed by atoms with Crippen LogP contribution in [0.4, 0.5) is 4.39 Å². The average Bonchev–Trinajstić information content (AvgIpc) is 2.94. The Bertz CT molecular complexity index is 1150. The maximum absolute atomic E-state index is 14.0. The van der Waals surface area contributed by atoms with E-state index >= 15 is 0 Å². The van der Waals surface area contributed by atoms with Crippen LogP contribution in [0.3, 0.4) is 0 Å². The van der Waals surface area contributed by atoms with Crippen LogP contribution in [0.1, 0.15) is 28.8 Å². The largest absolute Gasteiger partial charge is 0.494 e. The summed E-state index contributed by atoms with van der Waals surface area (Å²) in [6, 6.07) is 4.28. The van der Waals surface area contributed by atoms with E-state index < -0.39 is 11.8 Å². The summed E-state index contributed by atoms with van der Waals surface area (Å²) in [6.07, 6.45) is 1.43. The monoisotopic (exact) mass is 402 g/mol. The van der Waals surface area contributed by atoms with Crippen molar-refractivity contribution in [2.45, 2.75) is 20.8 Å². The van der Waals surface area contributed by atoms with E-state index in [1.807, 2.05) is 13.8 Å². The summed E-state index contributed by atoms with van der Waals surface area (Å²) < 4.78 is 24.0. The molecule has 2 heterocycles. The van der Waals surface area contributed by atoms with Gasteiger partial charge in [0.1, 0.15) is 16.2 Å². The molecule has 1 N–H and O–H groups in total. The fourth-order valence-electron chi connectivity index (χ4n) is 2.75. The molecule has 0 aliphatic heterocycles. The maximum atomic E-state index is 14.0. The third-order valence-corrected chi connectivity index (χ3v) is 5.38. The van der Waals surface area contributed by atoms with Crippen molar-refractivity contribution in [3.05, 3.63) is 56.2 Å². The number of halogens is 1. The Morgan fingerprint density at radius 2 is 2.11 bits per heavy atom. The Labute approximate surface area is 164 Å². The normalized spacial score (nSPS) is 11.7. The van der Waals surface area contributed by atoms with Crippen LogP contribution >= 0.6 is 11.3 Å². The molecule has 8 heteroatoms. The van der Waals surface area contributed by atoms with E-state index in [2.05, 4.69) is 9.97 Å². The molecule has 0 spiro atoms. The number of H-pyrrole nitrogens is 1. The van der Waals surface area contributed by atoms with Crippen molar-refractivity contribution in [1.82, 2.24) is 9.97 Å². The lowest BCUT2D eigenvalue weighted by Gasteiger charge is -2.08. The van der Waals surface area contributed by atoms with Crippen LogP contribution in [0, 0.1) is 19.7 Å². The van der Waals surface area contributed by atoms with Crippen LogP contribution in [-0.4, -0.2) is 29.7 Å². The first-order chi connectivity index (χ1) is 13.3. The van der Waals surface area contributed by atoms with Crippen LogP contribution < -0.4 is 10.3 Å². The molecule has 0 aliphatic carbocycles. The molecule has 0 unspecified atom stereocenters. The highest BCUT2D eigenvalue weighted by atomic mass is 32.1. The van der Waals surface area contributed by atoms with Gasteiger partial charge in [0.15, 0.2) is 11.6 Å². The highest BCUT2D eigenvalue weighted by Gasteiger charge is 2.20. The molecule has 3 rings (SSSR count). The van der Waals surface area contributed by atoms with Gasteiger partial charge in [-0.1, -0.05) is 6.07 Å². The number of benzene rings is 1. The van der Waals surface area contributed by atoms with Gasteiger partial charge in [-0.3, -0.25) is 4.79 Å². The lowest BCUT2D eigenvalue weighted by molar-refractivity contribution is -0.136. The molecule has 0 aliphatic rings. The number of esters is 1. The molecule has 28 heavy (non-hydrogen) atoms. The van der Waals surface area contributed by atoms with E-state index in [4.69, 9.17) is 9.47 Å². The number of methoxy groups -OCH3 is 1. The number of rotatable bonds is 5. The highest BCUT2D eigenvalue weighted by Crippen LogP contribution is 2.28. The Kier molecular flexibility index (Phi) is 5.60. The molecule has 1 aromatic carbocycles. The molecule has 0 atom stereocenters. The summed E-state index contributed by atoms with van der Waals surface area (Å²) in [5.41, 5.74) is 0.967. The van der Waals surface area contributed by atoms with Crippen LogP contribution in [0.25, 0.3) is 21.9 Å². The molecular weight excluding hydrogens is 383 g/mol. The van der Waals surface area contributed by atoms with Gasteiger partial charge in [-0.15, -0.1) is 11.3 Å². The van der Waals surface area contributed by atoms with E-state index in [1.54, 1.807) is 13.0 Å². The zero-order valence-electron chi connectivity index (χ0n) is 15.9. The summed E-state index contributed by atoms with van der Waals surface area (Å²) in [5.74, 6) is -1.06. The van der Waals surface area contributed by atoms with Gasteiger partial charge in [0, 0.05) is 4.88 Å². The minimum absolute atomic E-state index is 0.0362. The van der Waals surface area contributed by atoms with E-state index in [0.717, 1.165) is 10.4 Å². The highest BCUT2D eigenvalue weighted by molar-refractivity contribution is 7.18. The summed E-state index contributed by atoms with van der Waals surface area (Å²) >= 11 is 1.38. The molecule has 0 saturated heterocycles. The lowest BCUT2D eigenvalue weighted by atomic mass is 10.1. The van der Waals surface area contributed by atoms with Crippen molar-refractivity contribution in [2.75, 3.05) is 13.7 Å². The first-order valence-corrected chi connectivity index (χ1v) is 9.40. The van der Waals surface area contributed by atoms with Crippen LogP contribution in [-0.2, 0) is 9.53 Å². The summed E-state index contributed by atoms with van der Waals surface area (Å²) in [6.45, 7) is 5.58. The molecule has 2 aromatic heterocycles. The van der Waals surface area contributed by atoms with E-state index in [9.17, 15) is 14.0 Å². The number of aryl methyl sites for hydroxylation is 2. The molecule has 6 nitrogen and oxygen atoms in total. The predicted octanol–water partition coefficient (Wildman–Crippen LogP) is 3.85. The average molecular weight is 402 g/mol. The summed E-state index contributed by atoms with van der Waals surface area (Å²) in [7, 11) is 1.37. The lowest BCUT2D eigenvalue weighted by Crippen LogP contribution is -2.15. The van der Waals surface area contributed by atoms with E-state index in [-0.39, 0.29) is 29.3 Å². The molecule has 146 valence electrons. The number of nitrogens with zero attached hydrogens (tertiary/aromatic N) is 1. The van der Waals surface area contributed by atoms with Crippen molar-refractivity contribution < 1.29 is 18.7 Å². The Balaban J connectivity index is 2.18. The first kappa shape index (κ1) is 19.8. The van der Waals surface area contributed by atoms with Gasteiger partial charge >= 0.3 is 5.97 Å². The second kappa shape index (κ2) is 7.93. The second-order valence-corrected chi connectivity index (χ2v) is 7.25. The van der Waals surface area contributed by atoms with Crippen molar-refractivity contribution in [1.29, 1.82) is 0 Å². The van der Waals surface area contributed by atoms with Crippen molar-refractivity contribution >= 4 is 39.2 Å². The number of nitrogens with one attached hydrogen (secondary N) is 1. The van der Waals surface area contributed by atoms with E-state index in [1.165, 1.54) is 36.7 Å². The van der Waals surface area contributed by atoms with Gasteiger partial charge in [0.2, 0.25) is 0 Å². The summed E-state index contributed by atoms with van der Waals surface area (Å²) in [5, 5.41) is 0.505. The fraction of sp³-hybridized carbons (Fsp3) is 0.250. The number of fused-ring (bicyclic) bond motifs is 1. The molecule has 0 saturated carbocycles. The number of aromatic nitrogens is 2. The Morgan fingerprint density at radius 3 is 2.75 bits per heavy atom. The number of carbonyl (C=O) groups is 1. The third-order valence-electron chi connectivity index (χ3n) is 4.28.